The first-order valence-corrected chi connectivity index (χ1v) is 7.80. The van der Waals surface area contributed by atoms with Crippen molar-refractivity contribution in [3.8, 4) is 23.3 Å². The second-order valence-electron chi connectivity index (χ2n) is 5.56. The van der Waals surface area contributed by atoms with Gasteiger partial charge >= 0.3 is 0 Å². The van der Waals surface area contributed by atoms with E-state index in [1.54, 1.807) is 12.1 Å². The first-order valence-electron chi connectivity index (χ1n) is 7.80. The molecule has 4 aromatic rings. The van der Waals surface area contributed by atoms with Gasteiger partial charge in [-0.2, -0.15) is 19.9 Å². The Hall–Kier alpha value is -3.75. The summed E-state index contributed by atoms with van der Waals surface area (Å²) in [7, 11) is 1.85. The van der Waals surface area contributed by atoms with E-state index in [9.17, 15) is 0 Å². The van der Waals surface area contributed by atoms with Gasteiger partial charge in [0, 0.05) is 12.7 Å². The molecule has 0 atom stereocenters. The third kappa shape index (κ3) is 2.86. The molecule has 1 aromatic carbocycles. The molecule has 0 saturated carbocycles. The standard InChI is InChI=1S/C17H15N7O2/c1-10-6-3-4-7-11(10)24(2)17-21-13(20-16(18)22-17)14-19-15(26-23-14)12-8-5-9-25-12/h3-9H,1-2H3,(H2,18,20,21,22). The monoisotopic (exact) mass is 349 g/mol. The Morgan fingerprint density at radius 1 is 0.962 bits per heavy atom. The Bertz CT molecular complexity index is 1040. The minimum Gasteiger partial charge on any atom is -0.459 e. The molecule has 0 amide bonds. The summed E-state index contributed by atoms with van der Waals surface area (Å²) in [6, 6.07) is 11.3. The molecule has 3 aromatic heterocycles. The third-order valence-electron chi connectivity index (χ3n) is 3.78. The highest BCUT2D eigenvalue weighted by atomic mass is 16.5. The Morgan fingerprint density at radius 2 is 1.81 bits per heavy atom. The SMILES string of the molecule is Cc1ccccc1N(C)c1nc(N)nc(-c2noc(-c3ccco3)n2)n1. The second kappa shape index (κ2) is 6.28. The van der Waals surface area contributed by atoms with Crippen LogP contribution in [0.2, 0.25) is 0 Å². The molecule has 0 aliphatic carbocycles. The number of hydrogen-bond donors (Lipinski definition) is 1. The molecule has 2 N–H and O–H groups in total. The Morgan fingerprint density at radius 3 is 2.58 bits per heavy atom. The fourth-order valence-electron chi connectivity index (χ4n) is 2.49. The number of nitrogen functional groups attached to an aromatic ring is 1. The van der Waals surface area contributed by atoms with Crippen molar-refractivity contribution in [3.63, 3.8) is 0 Å². The van der Waals surface area contributed by atoms with Gasteiger partial charge in [0.05, 0.1) is 6.26 Å². The van der Waals surface area contributed by atoms with Crippen LogP contribution in [0, 0.1) is 6.92 Å². The summed E-state index contributed by atoms with van der Waals surface area (Å²) in [5.74, 6) is 1.56. The van der Waals surface area contributed by atoms with Crippen LogP contribution in [-0.2, 0) is 0 Å². The van der Waals surface area contributed by atoms with Crippen LogP contribution in [0.3, 0.4) is 0 Å². The fraction of sp³-hybridized carbons (Fsp3) is 0.118. The lowest BCUT2D eigenvalue weighted by Gasteiger charge is -2.19. The highest BCUT2D eigenvalue weighted by Gasteiger charge is 2.18. The van der Waals surface area contributed by atoms with Gasteiger partial charge in [0.2, 0.25) is 23.5 Å². The zero-order valence-electron chi connectivity index (χ0n) is 14.1. The first kappa shape index (κ1) is 15.8. The van der Waals surface area contributed by atoms with Crippen molar-refractivity contribution in [2.75, 3.05) is 17.7 Å². The van der Waals surface area contributed by atoms with Crippen molar-refractivity contribution in [2.45, 2.75) is 6.92 Å². The van der Waals surface area contributed by atoms with Crippen LogP contribution in [0.5, 0.6) is 0 Å². The largest absolute Gasteiger partial charge is 0.459 e. The van der Waals surface area contributed by atoms with Crippen LogP contribution in [0.25, 0.3) is 23.3 Å². The van der Waals surface area contributed by atoms with Crippen molar-refractivity contribution in [1.82, 2.24) is 25.1 Å². The average molecular weight is 349 g/mol. The summed E-state index contributed by atoms with van der Waals surface area (Å²) >= 11 is 0. The van der Waals surface area contributed by atoms with Gasteiger partial charge in [0.25, 0.3) is 5.89 Å². The first-order chi connectivity index (χ1) is 12.6. The predicted molar refractivity (Wildman–Crippen MR) is 94.5 cm³/mol. The van der Waals surface area contributed by atoms with Gasteiger partial charge in [-0.1, -0.05) is 23.4 Å². The molecule has 0 aliphatic heterocycles. The maximum absolute atomic E-state index is 5.86. The molecule has 0 aliphatic rings. The summed E-state index contributed by atoms with van der Waals surface area (Å²) in [6.45, 7) is 2.01. The predicted octanol–water partition coefficient (Wildman–Crippen LogP) is 2.84. The van der Waals surface area contributed by atoms with Crippen molar-refractivity contribution >= 4 is 17.6 Å². The van der Waals surface area contributed by atoms with E-state index in [4.69, 9.17) is 14.7 Å². The van der Waals surface area contributed by atoms with Gasteiger partial charge in [0.15, 0.2) is 5.76 Å². The lowest BCUT2D eigenvalue weighted by molar-refractivity contribution is 0.416. The maximum Gasteiger partial charge on any atom is 0.294 e. The number of furan rings is 1. The minimum absolute atomic E-state index is 0.0646. The Balaban J connectivity index is 1.72. The smallest absolute Gasteiger partial charge is 0.294 e. The summed E-state index contributed by atoms with van der Waals surface area (Å²) in [6.07, 6.45) is 1.52. The minimum atomic E-state index is 0.0646. The Labute approximate surface area is 148 Å². The lowest BCUT2D eigenvalue weighted by atomic mass is 10.2. The van der Waals surface area contributed by atoms with Crippen LogP contribution in [0.1, 0.15) is 5.56 Å². The molecule has 0 unspecified atom stereocenters. The van der Waals surface area contributed by atoms with Crippen LogP contribution in [-0.4, -0.2) is 32.1 Å². The van der Waals surface area contributed by atoms with Crippen molar-refractivity contribution in [3.05, 3.63) is 48.2 Å². The fourth-order valence-corrected chi connectivity index (χ4v) is 2.49. The Kier molecular flexibility index (Phi) is 3.81. The van der Waals surface area contributed by atoms with Gasteiger partial charge in [-0.05, 0) is 30.7 Å². The molecule has 0 radical (unpaired) electrons. The van der Waals surface area contributed by atoms with Crippen molar-refractivity contribution in [1.29, 1.82) is 0 Å². The van der Waals surface area contributed by atoms with E-state index in [0.29, 0.717) is 11.7 Å². The average Bonchev–Trinajstić information content (AvgIpc) is 3.32. The van der Waals surface area contributed by atoms with E-state index in [2.05, 4.69) is 25.1 Å². The lowest BCUT2D eigenvalue weighted by Crippen LogP contribution is -2.16. The molecule has 4 rings (SSSR count). The molecule has 0 bridgehead atoms. The number of hydrogen-bond acceptors (Lipinski definition) is 9. The number of para-hydroxylation sites is 1. The van der Waals surface area contributed by atoms with Gasteiger partial charge in [-0.25, -0.2) is 0 Å². The normalized spacial score (nSPS) is 10.8. The summed E-state index contributed by atoms with van der Waals surface area (Å²) < 4.78 is 10.4. The van der Waals surface area contributed by atoms with Crippen LogP contribution < -0.4 is 10.6 Å². The molecule has 26 heavy (non-hydrogen) atoms. The summed E-state index contributed by atoms with van der Waals surface area (Å²) in [4.78, 5) is 18.8. The van der Waals surface area contributed by atoms with Crippen LogP contribution in [0.4, 0.5) is 17.6 Å². The van der Waals surface area contributed by atoms with Gasteiger partial charge in [0.1, 0.15) is 0 Å². The molecule has 9 nitrogen and oxygen atoms in total. The van der Waals surface area contributed by atoms with Gasteiger partial charge in [-0.15, -0.1) is 0 Å². The highest BCUT2D eigenvalue weighted by molar-refractivity contribution is 5.62. The van der Waals surface area contributed by atoms with Gasteiger partial charge < -0.3 is 19.6 Å². The zero-order chi connectivity index (χ0) is 18.1. The number of anilines is 3. The number of aryl methyl sites for hydroxylation is 1. The number of benzene rings is 1. The van der Waals surface area contributed by atoms with Crippen LogP contribution >= 0.6 is 0 Å². The van der Waals surface area contributed by atoms with E-state index in [-0.39, 0.29) is 23.5 Å². The summed E-state index contributed by atoms with van der Waals surface area (Å²) in [5, 5.41) is 3.90. The molecule has 3 heterocycles. The van der Waals surface area contributed by atoms with E-state index in [1.165, 1.54) is 6.26 Å². The van der Waals surface area contributed by atoms with E-state index < -0.39 is 0 Å². The summed E-state index contributed by atoms with van der Waals surface area (Å²) in [5.41, 5.74) is 7.89. The molecular formula is C17H15N7O2. The zero-order valence-corrected chi connectivity index (χ0v) is 14.1. The third-order valence-corrected chi connectivity index (χ3v) is 3.78. The quantitative estimate of drug-likeness (QED) is 0.592. The van der Waals surface area contributed by atoms with Gasteiger partial charge in [-0.3, -0.25) is 0 Å². The molecule has 0 fully saturated rings. The number of nitrogens with zero attached hydrogens (tertiary/aromatic N) is 6. The topological polar surface area (TPSA) is 120 Å². The number of nitrogens with two attached hydrogens (primary N) is 1. The molecule has 0 saturated heterocycles. The van der Waals surface area contributed by atoms with Crippen LogP contribution in [0.15, 0.2) is 51.6 Å². The molecule has 130 valence electrons. The number of aromatic nitrogens is 5. The highest BCUT2D eigenvalue weighted by Crippen LogP contribution is 2.26. The maximum atomic E-state index is 5.86. The van der Waals surface area contributed by atoms with Crippen molar-refractivity contribution < 1.29 is 8.94 Å². The van der Waals surface area contributed by atoms with E-state index >= 15 is 0 Å². The van der Waals surface area contributed by atoms with Crippen molar-refractivity contribution in [2.24, 2.45) is 0 Å². The molecule has 9 heteroatoms. The number of rotatable bonds is 4. The molecular weight excluding hydrogens is 334 g/mol. The second-order valence-corrected chi connectivity index (χ2v) is 5.56. The van der Waals surface area contributed by atoms with E-state index in [0.717, 1.165) is 11.3 Å². The molecule has 0 spiro atoms. The van der Waals surface area contributed by atoms with E-state index in [1.807, 2.05) is 43.1 Å².